The third-order valence-electron chi connectivity index (χ3n) is 2.64. The predicted octanol–water partition coefficient (Wildman–Crippen LogP) is 2.88. The topological polar surface area (TPSA) is 15.3 Å². The first-order valence-corrected chi connectivity index (χ1v) is 6.00. The molecule has 14 heavy (non-hydrogen) atoms. The fourth-order valence-electron chi connectivity index (χ4n) is 1.78. The molecule has 2 aliphatic rings. The smallest absolute Gasteiger partial charge is 0.0781 e. The third-order valence-corrected chi connectivity index (χ3v) is 3.71. The van der Waals surface area contributed by atoms with Crippen LogP contribution in [0.15, 0.2) is 23.1 Å². The van der Waals surface area contributed by atoms with Gasteiger partial charge in [0.25, 0.3) is 0 Å². The Labute approximate surface area is 92.8 Å². The maximum atomic E-state index is 6.01. The molecule has 1 heterocycles. The van der Waals surface area contributed by atoms with Crippen LogP contribution in [0.2, 0.25) is 5.02 Å². The molecule has 0 amide bonds. The lowest BCUT2D eigenvalue weighted by atomic mass is 10.3. The molecule has 74 valence electrons. The van der Waals surface area contributed by atoms with E-state index in [0.717, 1.165) is 17.7 Å². The van der Waals surface area contributed by atoms with E-state index in [0.29, 0.717) is 0 Å². The number of nitrogens with one attached hydrogen (secondary N) is 1. The van der Waals surface area contributed by atoms with Crippen LogP contribution in [-0.2, 0) is 0 Å². The Morgan fingerprint density at radius 3 is 3.07 bits per heavy atom. The molecule has 1 fully saturated rings. The van der Waals surface area contributed by atoms with E-state index in [4.69, 9.17) is 11.6 Å². The zero-order valence-corrected chi connectivity index (χ0v) is 9.24. The lowest BCUT2D eigenvalue weighted by molar-refractivity contribution is 0.755. The Morgan fingerprint density at radius 1 is 1.43 bits per heavy atom. The van der Waals surface area contributed by atoms with Gasteiger partial charge in [0.05, 0.1) is 12.4 Å². The number of anilines is 1. The van der Waals surface area contributed by atoms with Crippen molar-refractivity contribution in [3.63, 3.8) is 0 Å². The Hall–Kier alpha value is -0.380. The van der Waals surface area contributed by atoms with E-state index in [1.54, 1.807) is 11.9 Å². The van der Waals surface area contributed by atoms with Crippen molar-refractivity contribution in [2.24, 2.45) is 0 Å². The quantitative estimate of drug-likeness (QED) is 0.742. The molecule has 0 spiro atoms. The molecule has 0 saturated heterocycles. The summed E-state index contributed by atoms with van der Waals surface area (Å²) in [7, 11) is 0. The second-order valence-electron chi connectivity index (χ2n) is 3.72. The van der Waals surface area contributed by atoms with E-state index in [9.17, 15) is 0 Å². The Bertz CT molecular complexity index is 365. The largest absolute Gasteiger partial charge is 0.354 e. The molecular weight excluding hydrogens is 216 g/mol. The SMILES string of the molecule is Clc1ccc2c(c1)N(C1CC1)CNS2. The van der Waals surface area contributed by atoms with Crippen LogP contribution in [0.5, 0.6) is 0 Å². The Balaban J connectivity index is 2.02. The fraction of sp³-hybridized carbons (Fsp3) is 0.400. The number of rotatable bonds is 1. The zero-order valence-electron chi connectivity index (χ0n) is 7.66. The molecule has 0 radical (unpaired) electrons. The van der Waals surface area contributed by atoms with Gasteiger partial charge in [-0.1, -0.05) is 11.6 Å². The van der Waals surface area contributed by atoms with E-state index in [1.165, 1.54) is 23.4 Å². The number of hydrogen-bond acceptors (Lipinski definition) is 3. The van der Waals surface area contributed by atoms with Crippen molar-refractivity contribution in [2.45, 2.75) is 23.8 Å². The summed E-state index contributed by atoms with van der Waals surface area (Å²) in [5.74, 6) is 0. The summed E-state index contributed by atoms with van der Waals surface area (Å²) in [4.78, 5) is 3.70. The van der Waals surface area contributed by atoms with E-state index in [-0.39, 0.29) is 0 Å². The number of halogens is 1. The maximum Gasteiger partial charge on any atom is 0.0781 e. The summed E-state index contributed by atoms with van der Waals surface area (Å²) in [5.41, 5.74) is 1.30. The highest BCUT2D eigenvalue weighted by Crippen LogP contribution is 2.40. The molecule has 0 aromatic heterocycles. The average molecular weight is 227 g/mol. The van der Waals surface area contributed by atoms with E-state index in [2.05, 4.69) is 21.8 Å². The molecule has 3 rings (SSSR count). The first kappa shape index (κ1) is 8.89. The summed E-state index contributed by atoms with van der Waals surface area (Å²) in [5, 5.41) is 0.830. The summed E-state index contributed by atoms with van der Waals surface area (Å²) >= 11 is 7.71. The molecule has 1 aliphatic carbocycles. The van der Waals surface area contributed by atoms with Crippen LogP contribution < -0.4 is 9.62 Å². The molecule has 2 nitrogen and oxygen atoms in total. The van der Waals surface area contributed by atoms with Crippen molar-refractivity contribution in [3.05, 3.63) is 23.2 Å². The van der Waals surface area contributed by atoms with Gasteiger partial charge < -0.3 is 4.90 Å². The highest BCUT2D eigenvalue weighted by Gasteiger charge is 2.32. The van der Waals surface area contributed by atoms with Gasteiger partial charge in [-0.25, -0.2) is 4.72 Å². The minimum Gasteiger partial charge on any atom is -0.354 e. The maximum absolute atomic E-state index is 6.01. The number of fused-ring (bicyclic) bond motifs is 1. The van der Waals surface area contributed by atoms with Gasteiger partial charge in [0.15, 0.2) is 0 Å². The normalized spacial score (nSPS) is 20.8. The van der Waals surface area contributed by atoms with Crippen LogP contribution in [-0.4, -0.2) is 12.7 Å². The van der Waals surface area contributed by atoms with Crippen molar-refractivity contribution in [1.29, 1.82) is 0 Å². The van der Waals surface area contributed by atoms with E-state index in [1.807, 2.05) is 6.07 Å². The van der Waals surface area contributed by atoms with Crippen LogP contribution in [0, 0.1) is 0 Å². The number of benzene rings is 1. The summed E-state index contributed by atoms with van der Waals surface area (Å²) < 4.78 is 3.33. The molecule has 4 heteroatoms. The van der Waals surface area contributed by atoms with Gasteiger partial charge in [-0.2, -0.15) is 0 Å². The Kier molecular flexibility index (Phi) is 2.11. The summed E-state index contributed by atoms with van der Waals surface area (Å²) in [6.07, 6.45) is 2.64. The van der Waals surface area contributed by atoms with Crippen LogP contribution >= 0.6 is 23.5 Å². The minimum absolute atomic E-state index is 0.737. The Morgan fingerprint density at radius 2 is 2.29 bits per heavy atom. The summed E-state index contributed by atoms with van der Waals surface area (Å²) in [6, 6.07) is 6.85. The standard InChI is InChI=1S/C10H11ClN2S/c11-7-1-4-10-9(5-7)13(6-12-14-10)8-2-3-8/h1,4-5,8,12H,2-3,6H2. The molecular formula is C10H11ClN2S. The second kappa shape index (κ2) is 3.33. The van der Waals surface area contributed by atoms with Gasteiger partial charge in [0, 0.05) is 16.0 Å². The van der Waals surface area contributed by atoms with Crippen molar-refractivity contribution >= 4 is 29.2 Å². The van der Waals surface area contributed by atoms with Gasteiger partial charge in [-0.05, 0) is 43.0 Å². The van der Waals surface area contributed by atoms with E-state index < -0.39 is 0 Å². The molecule has 1 aliphatic heterocycles. The first-order chi connectivity index (χ1) is 6.84. The number of hydrogen-bond donors (Lipinski definition) is 1. The van der Waals surface area contributed by atoms with Gasteiger partial charge in [-0.15, -0.1) is 0 Å². The molecule has 1 aromatic carbocycles. The van der Waals surface area contributed by atoms with Crippen molar-refractivity contribution < 1.29 is 0 Å². The van der Waals surface area contributed by atoms with Crippen LogP contribution in [0.4, 0.5) is 5.69 Å². The lowest BCUT2D eigenvalue weighted by Gasteiger charge is -2.31. The van der Waals surface area contributed by atoms with E-state index >= 15 is 0 Å². The van der Waals surface area contributed by atoms with Gasteiger partial charge in [-0.3, -0.25) is 0 Å². The van der Waals surface area contributed by atoms with Gasteiger partial charge >= 0.3 is 0 Å². The third kappa shape index (κ3) is 1.49. The first-order valence-electron chi connectivity index (χ1n) is 4.80. The predicted molar refractivity (Wildman–Crippen MR) is 60.8 cm³/mol. The lowest BCUT2D eigenvalue weighted by Crippen LogP contribution is -2.36. The average Bonchev–Trinajstić information content (AvgIpc) is 3.00. The molecule has 0 atom stereocenters. The molecule has 1 saturated carbocycles. The molecule has 1 aromatic rings. The second-order valence-corrected chi connectivity index (χ2v) is 5.09. The molecule has 1 N–H and O–H groups in total. The highest BCUT2D eigenvalue weighted by molar-refractivity contribution is 7.97. The fourth-order valence-corrected chi connectivity index (χ4v) is 2.72. The van der Waals surface area contributed by atoms with Crippen molar-refractivity contribution in [2.75, 3.05) is 11.6 Å². The zero-order chi connectivity index (χ0) is 9.54. The van der Waals surface area contributed by atoms with Gasteiger partial charge in [0.2, 0.25) is 0 Å². The number of nitrogens with zero attached hydrogens (tertiary/aromatic N) is 1. The highest BCUT2D eigenvalue weighted by atomic mass is 35.5. The van der Waals surface area contributed by atoms with Crippen molar-refractivity contribution in [1.82, 2.24) is 4.72 Å². The van der Waals surface area contributed by atoms with Crippen LogP contribution in [0.25, 0.3) is 0 Å². The molecule has 0 bridgehead atoms. The van der Waals surface area contributed by atoms with Crippen LogP contribution in [0.1, 0.15) is 12.8 Å². The van der Waals surface area contributed by atoms with Gasteiger partial charge in [0.1, 0.15) is 0 Å². The van der Waals surface area contributed by atoms with Crippen LogP contribution in [0.3, 0.4) is 0 Å². The minimum atomic E-state index is 0.737. The summed E-state index contributed by atoms with van der Waals surface area (Å²) in [6.45, 7) is 0.933. The monoisotopic (exact) mass is 226 g/mol. The molecule has 0 unspecified atom stereocenters. The van der Waals surface area contributed by atoms with Crippen molar-refractivity contribution in [3.8, 4) is 0 Å².